The van der Waals surface area contributed by atoms with Crippen LogP contribution >= 0.6 is 0 Å². The van der Waals surface area contributed by atoms with Crippen LogP contribution in [-0.2, 0) is 9.53 Å². The number of carbonyl (C=O) groups is 1. The van der Waals surface area contributed by atoms with Gasteiger partial charge in [0.25, 0.3) is 0 Å². The summed E-state index contributed by atoms with van der Waals surface area (Å²) < 4.78 is 5.31. The van der Waals surface area contributed by atoms with Crippen molar-refractivity contribution in [3.05, 3.63) is 12.2 Å². The predicted octanol–water partition coefficient (Wildman–Crippen LogP) is 2.44. The first-order valence-corrected chi connectivity index (χ1v) is 4.54. The molecule has 0 aliphatic carbocycles. The Morgan fingerprint density at radius 1 is 1.58 bits per heavy atom. The summed E-state index contributed by atoms with van der Waals surface area (Å²) in [6.07, 6.45) is 3.62. The standard InChI is InChI=1S/C10H16O2/c1-4-6-10(5-2)7-8(3)9(11)12-10/h3-7H2,1-2H3. The lowest BCUT2D eigenvalue weighted by atomic mass is 9.90. The first kappa shape index (κ1) is 9.30. The Morgan fingerprint density at radius 3 is 2.58 bits per heavy atom. The van der Waals surface area contributed by atoms with Crippen molar-refractivity contribution in [2.24, 2.45) is 0 Å². The summed E-state index contributed by atoms with van der Waals surface area (Å²) in [5.74, 6) is -0.203. The van der Waals surface area contributed by atoms with Gasteiger partial charge < -0.3 is 4.74 Å². The molecule has 0 bridgehead atoms. The molecule has 0 aromatic heterocycles. The highest BCUT2D eigenvalue weighted by Gasteiger charge is 2.40. The zero-order valence-corrected chi connectivity index (χ0v) is 7.85. The van der Waals surface area contributed by atoms with Gasteiger partial charge >= 0.3 is 5.97 Å². The normalized spacial score (nSPS) is 29.2. The number of cyclic esters (lactones) is 1. The molecule has 1 saturated heterocycles. The summed E-state index contributed by atoms with van der Waals surface area (Å²) >= 11 is 0. The maximum Gasteiger partial charge on any atom is 0.334 e. The van der Waals surface area contributed by atoms with Crippen LogP contribution in [0.3, 0.4) is 0 Å². The molecule has 1 aliphatic heterocycles. The van der Waals surface area contributed by atoms with Gasteiger partial charge in [-0.15, -0.1) is 0 Å². The van der Waals surface area contributed by atoms with Gasteiger partial charge in [-0.3, -0.25) is 0 Å². The molecular weight excluding hydrogens is 152 g/mol. The van der Waals surface area contributed by atoms with Gasteiger partial charge in [0.1, 0.15) is 5.60 Å². The fourth-order valence-corrected chi connectivity index (χ4v) is 1.73. The van der Waals surface area contributed by atoms with Gasteiger partial charge in [-0.1, -0.05) is 26.8 Å². The zero-order chi connectivity index (χ0) is 9.19. The average molecular weight is 168 g/mol. The second-order valence-corrected chi connectivity index (χ2v) is 3.46. The molecule has 0 aromatic carbocycles. The first-order valence-electron chi connectivity index (χ1n) is 4.54. The average Bonchev–Trinajstić information content (AvgIpc) is 2.30. The number of hydrogen-bond donors (Lipinski definition) is 0. The molecular formula is C10H16O2. The first-order chi connectivity index (χ1) is 5.63. The van der Waals surface area contributed by atoms with Gasteiger partial charge in [0, 0.05) is 12.0 Å². The quantitative estimate of drug-likeness (QED) is 0.478. The monoisotopic (exact) mass is 168 g/mol. The third kappa shape index (κ3) is 1.52. The largest absolute Gasteiger partial charge is 0.455 e. The van der Waals surface area contributed by atoms with Crippen molar-refractivity contribution in [3.8, 4) is 0 Å². The molecule has 0 saturated carbocycles. The third-order valence-electron chi connectivity index (χ3n) is 2.48. The molecule has 68 valence electrons. The Balaban J connectivity index is 2.71. The Bertz CT molecular complexity index is 190. The van der Waals surface area contributed by atoms with Crippen molar-refractivity contribution in [2.75, 3.05) is 0 Å². The van der Waals surface area contributed by atoms with Crippen LogP contribution in [0.25, 0.3) is 0 Å². The summed E-state index contributed by atoms with van der Waals surface area (Å²) in [6, 6.07) is 0. The summed E-state index contributed by atoms with van der Waals surface area (Å²) in [7, 11) is 0. The Kier molecular flexibility index (Phi) is 2.55. The van der Waals surface area contributed by atoms with Crippen molar-refractivity contribution in [1.82, 2.24) is 0 Å². The molecule has 1 heterocycles. The van der Waals surface area contributed by atoms with Crippen LogP contribution in [0, 0.1) is 0 Å². The lowest BCUT2D eigenvalue weighted by Gasteiger charge is -2.24. The molecule has 0 amide bonds. The van der Waals surface area contributed by atoms with E-state index in [0.717, 1.165) is 25.7 Å². The molecule has 1 aliphatic rings. The van der Waals surface area contributed by atoms with Gasteiger partial charge in [-0.05, 0) is 12.8 Å². The Labute approximate surface area is 73.6 Å². The highest BCUT2D eigenvalue weighted by atomic mass is 16.6. The number of hydrogen-bond acceptors (Lipinski definition) is 2. The molecule has 0 N–H and O–H groups in total. The highest BCUT2D eigenvalue weighted by molar-refractivity contribution is 5.90. The summed E-state index contributed by atoms with van der Waals surface area (Å²) in [6.45, 7) is 7.85. The summed E-state index contributed by atoms with van der Waals surface area (Å²) in [5, 5.41) is 0. The van der Waals surface area contributed by atoms with E-state index in [2.05, 4.69) is 20.4 Å². The number of rotatable bonds is 3. The molecule has 0 spiro atoms. The molecule has 0 aromatic rings. The topological polar surface area (TPSA) is 26.3 Å². The van der Waals surface area contributed by atoms with E-state index >= 15 is 0 Å². The predicted molar refractivity (Wildman–Crippen MR) is 47.8 cm³/mol. The number of ether oxygens (including phenoxy) is 1. The van der Waals surface area contributed by atoms with Crippen LogP contribution in [0.15, 0.2) is 12.2 Å². The highest BCUT2D eigenvalue weighted by Crippen LogP contribution is 2.36. The molecule has 1 fully saturated rings. The SMILES string of the molecule is C=C1CC(CC)(CCC)OC1=O. The van der Waals surface area contributed by atoms with E-state index < -0.39 is 0 Å². The Morgan fingerprint density at radius 2 is 2.25 bits per heavy atom. The van der Waals surface area contributed by atoms with E-state index in [-0.39, 0.29) is 11.6 Å². The van der Waals surface area contributed by atoms with E-state index in [1.54, 1.807) is 0 Å². The van der Waals surface area contributed by atoms with Crippen LogP contribution in [0.5, 0.6) is 0 Å². The molecule has 1 unspecified atom stereocenters. The fourth-order valence-electron chi connectivity index (χ4n) is 1.73. The third-order valence-corrected chi connectivity index (χ3v) is 2.48. The summed E-state index contributed by atoms with van der Waals surface area (Å²) in [5.41, 5.74) is 0.411. The lowest BCUT2D eigenvalue weighted by molar-refractivity contribution is -0.147. The Hall–Kier alpha value is -0.790. The van der Waals surface area contributed by atoms with Crippen LogP contribution in [0.4, 0.5) is 0 Å². The molecule has 2 nitrogen and oxygen atoms in total. The van der Waals surface area contributed by atoms with Gasteiger partial charge in [0.05, 0.1) is 0 Å². The summed E-state index contributed by atoms with van der Waals surface area (Å²) in [4.78, 5) is 11.1. The van der Waals surface area contributed by atoms with Crippen molar-refractivity contribution >= 4 is 5.97 Å². The van der Waals surface area contributed by atoms with E-state index in [1.165, 1.54) is 0 Å². The fraction of sp³-hybridized carbons (Fsp3) is 0.700. The molecule has 2 heteroatoms. The van der Waals surface area contributed by atoms with E-state index in [1.807, 2.05) is 0 Å². The minimum absolute atomic E-state index is 0.203. The minimum Gasteiger partial charge on any atom is -0.455 e. The second kappa shape index (κ2) is 3.30. The molecule has 12 heavy (non-hydrogen) atoms. The van der Waals surface area contributed by atoms with Crippen molar-refractivity contribution in [3.63, 3.8) is 0 Å². The van der Waals surface area contributed by atoms with Gasteiger partial charge in [0.15, 0.2) is 0 Å². The van der Waals surface area contributed by atoms with Gasteiger partial charge in [0.2, 0.25) is 0 Å². The second-order valence-electron chi connectivity index (χ2n) is 3.46. The van der Waals surface area contributed by atoms with Crippen LogP contribution < -0.4 is 0 Å². The lowest BCUT2D eigenvalue weighted by Crippen LogP contribution is -2.26. The zero-order valence-electron chi connectivity index (χ0n) is 7.85. The molecule has 1 atom stereocenters. The smallest absolute Gasteiger partial charge is 0.334 e. The minimum atomic E-state index is -0.219. The van der Waals surface area contributed by atoms with Crippen LogP contribution in [0.1, 0.15) is 39.5 Å². The van der Waals surface area contributed by atoms with E-state index in [0.29, 0.717) is 5.57 Å². The van der Waals surface area contributed by atoms with Crippen LogP contribution in [0.2, 0.25) is 0 Å². The maximum absolute atomic E-state index is 11.1. The van der Waals surface area contributed by atoms with Crippen molar-refractivity contribution in [2.45, 2.75) is 45.1 Å². The van der Waals surface area contributed by atoms with Gasteiger partial charge in [-0.2, -0.15) is 0 Å². The van der Waals surface area contributed by atoms with Gasteiger partial charge in [-0.25, -0.2) is 4.79 Å². The maximum atomic E-state index is 11.1. The number of esters is 1. The van der Waals surface area contributed by atoms with Crippen molar-refractivity contribution in [1.29, 1.82) is 0 Å². The van der Waals surface area contributed by atoms with Crippen LogP contribution in [-0.4, -0.2) is 11.6 Å². The van der Waals surface area contributed by atoms with E-state index in [4.69, 9.17) is 4.74 Å². The molecule has 0 radical (unpaired) electrons. The van der Waals surface area contributed by atoms with Crippen molar-refractivity contribution < 1.29 is 9.53 Å². The molecule has 1 rings (SSSR count). The van der Waals surface area contributed by atoms with E-state index in [9.17, 15) is 4.79 Å². The number of carbonyl (C=O) groups excluding carboxylic acids is 1.